The number of nitrogens with one attached hydrogen (secondary N) is 1. The average molecular weight is 526 g/mol. The maximum Gasteiger partial charge on any atom is 0.251 e. The van der Waals surface area contributed by atoms with E-state index in [0.29, 0.717) is 31.1 Å². The van der Waals surface area contributed by atoms with Crippen molar-refractivity contribution in [3.8, 4) is 11.5 Å². The van der Waals surface area contributed by atoms with Gasteiger partial charge in [0.2, 0.25) is 0 Å². The Morgan fingerprint density at radius 3 is 2.49 bits per heavy atom. The molecule has 0 bridgehead atoms. The second-order valence-corrected chi connectivity index (χ2v) is 10.9. The monoisotopic (exact) mass is 525 g/mol. The van der Waals surface area contributed by atoms with Gasteiger partial charge in [-0.25, -0.2) is 15.0 Å². The summed E-state index contributed by atoms with van der Waals surface area (Å²) in [6.45, 7) is 11.7. The van der Waals surface area contributed by atoms with Crippen LogP contribution in [0.4, 0.5) is 11.5 Å². The molecule has 3 aromatic carbocycles. The quantitative estimate of drug-likeness (QED) is 0.322. The van der Waals surface area contributed by atoms with Crippen molar-refractivity contribution in [2.45, 2.75) is 27.7 Å². The van der Waals surface area contributed by atoms with E-state index in [9.17, 15) is 4.79 Å². The molecule has 1 aromatic heterocycles. The number of carbonyl (C=O) groups is 1. The molecule has 2 heterocycles. The third kappa shape index (κ3) is 6.35. The maximum atomic E-state index is 12.5. The number of nitrogens with zero attached hydrogens (tertiary/aromatic N) is 4. The summed E-state index contributed by atoms with van der Waals surface area (Å²) in [5.74, 6) is 2.16. The van der Waals surface area contributed by atoms with Gasteiger partial charge in [0.15, 0.2) is 5.82 Å². The van der Waals surface area contributed by atoms with Crippen LogP contribution in [0.2, 0.25) is 0 Å². The van der Waals surface area contributed by atoms with Crippen LogP contribution in [-0.2, 0) is 4.74 Å². The van der Waals surface area contributed by atoms with Crippen molar-refractivity contribution in [1.29, 1.82) is 0 Å². The van der Waals surface area contributed by atoms with Gasteiger partial charge in [-0.3, -0.25) is 9.80 Å². The van der Waals surface area contributed by atoms with Gasteiger partial charge >= 0.3 is 0 Å². The molecule has 8 heteroatoms. The number of amides is 1. The Labute approximate surface area is 229 Å². The van der Waals surface area contributed by atoms with E-state index in [1.807, 2.05) is 49.4 Å². The molecule has 202 valence electrons. The Morgan fingerprint density at radius 1 is 1.03 bits per heavy atom. The number of carbonyl (C=O) groups excluding carboxylic acids is 1. The minimum absolute atomic E-state index is 0.0281. The zero-order valence-electron chi connectivity index (χ0n) is 23.0. The molecule has 1 aliphatic rings. The molecule has 1 saturated heterocycles. The van der Waals surface area contributed by atoms with Gasteiger partial charge < -0.3 is 14.8 Å². The second-order valence-electron chi connectivity index (χ2n) is 10.9. The lowest BCUT2D eigenvalue weighted by Crippen LogP contribution is -2.47. The summed E-state index contributed by atoms with van der Waals surface area (Å²) < 4.78 is 11.8. The highest BCUT2D eigenvalue weighted by Crippen LogP contribution is 2.35. The molecule has 0 radical (unpaired) electrons. The minimum Gasteiger partial charge on any atom is -0.457 e. The lowest BCUT2D eigenvalue weighted by atomic mass is 9.97. The number of benzene rings is 3. The lowest BCUT2D eigenvalue weighted by molar-refractivity contribution is 0.0376. The summed E-state index contributed by atoms with van der Waals surface area (Å²) in [6.07, 6.45) is 1.61. The molecule has 1 amide bonds. The number of aromatic nitrogens is 2. The van der Waals surface area contributed by atoms with Gasteiger partial charge in [-0.05, 0) is 72.5 Å². The fourth-order valence-corrected chi connectivity index (χ4v) is 4.46. The Hall–Kier alpha value is -4.01. The molecule has 1 aliphatic heterocycles. The van der Waals surface area contributed by atoms with Gasteiger partial charge in [-0.15, -0.1) is 0 Å². The highest BCUT2D eigenvalue weighted by molar-refractivity contribution is 5.94. The standard InChI is InChI=1S/C31H35N5O3/c1-22-19-24(11-14-28(22)39-25-12-9-23(10-13-25)30(37)32-20-31(2,3)4)36(35-15-17-38-18-16-35)29-26-7-5-6-8-27(26)33-21-34-29/h5-14,19,21H,15-18,20H2,1-4H3,(H,32,37). The van der Waals surface area contributed by atoms with Gasteiger partial charge in [0.05, 0.1) is 24.4 Å². The number of para-hydroxylation sites is 1. The van der Waals surface area contributed by atoms with Crippen molar-refractivity contribution >= 4 is 28.3 Å². The first-order chi connectivity index (χ1) is 18.8. The zero-order chi connectivity index (χ0) is 27.4. The summed E-state index contributed by atoms with van der Waals surface area (Å²) in [4.78, 5) is 21.6. The van der Waals surface area contributed by atoms with Crippen LogP contribution >= 0.6 is 0 Å². The van der Waals surface area contributed by atoms with Crippen molar-refractivity contribution in [3.05, 3.63) is 84.2 Å². The molecule has 39 heavy (non-hydrogen) atoms. The van der Waals surface area contributed by atoms with E-state index < -0.39 is 0 Å². The fourth-order valence-electron chi connectivity index (χ4n) is 4.46. The summed E-state index contributed by atoms with van der Waals surface area (Å²) in [6, 6.07) is 21.4. The summed E-state index contributed by atoms with van der Waals surface area (Å²) in [5.41, 5.74) is 3.50. The molecule has 1 N–H and O–H groups in total. The van der Waals surface area contributed by atoms with Crippen LogP contribution < -0.4 is 15.1 Å². The van der Waals surface area contributed by atoms with Crippen molar-refractivity contribution in [2.75, 3.05) is 37.9 Å². The summed E-state index contributed by atoms with van der Waals surface area (Å²) >= 11 is 0. The van der Waals surface area contributed by atoms with Crippen LogP contribution in [-0.4, -0.2) is 53.7 Å². The average Bonchev–Trinajstić information content (AvgIpc) is 2.94. The molecule has 0 unspecified atom stereocenters. The number of morpholine rings is 1. The number of aryl methyl sites for hydroxylation is 1. The first kappa shape index (κ1) is 26.6. The van der Waals surface area contributed by atoms with Crippen LogP contribution in [0.15, 0.2) is 73.1 Å². The van der Waals surface area contributed by atoms with Crippen molar-refractivity contribution in [3.63, 3.8) is 0 Å². The first-order valence-corrected chi connectivity index (χ1v) is 13.3. The van der Waals surface area contributed by atoms with Gasteiger partial charge in [-0.2, -0.15) is 0 Å². The van der Waals surface area contributed by atoms with Gasteiger partial charge in [-0.1, -0.05) is 32.9 Å². The summed E-state index contributed by atoms with van der Waals surface area (Å²) in [7, 11) is 0. The molecule has 5 rings (SSSR count). The van der Waals surface area contributed by atoms with Crippen LogP contribution in [0.25, 0.3) is 10.9 Å². The molecule has 0 atom stereocenters. The smallest absolute Gasteiger partial charge is 0.251 e. The third-order valence-corrected chi connectivity index (χ3v) is 6.52. The normalized spacial score (nSPS) is 14.3. The van der Waals surface area contributed by atoms with Crippen LogP contribution in [0.3, 0.4) is 0 Å². The predicted molar refractivity (Wildman–Crippen MR) is 154 cm³/mol. The SMILES string of the molecule is Cc1cc(N(c2ncnc3ccccc23)N2CCOCC2)ccc1Oc1ccc(C(=O)NCC(C)(C)C)cc1. The van der Waals surface area contributed by atoms with E-state index in [-0.39, 0.29) is 11.3 Å². The lowest BCUT2D eigenvalue weighted by Gasteiger charge is -2.38. The van der Waals surface area contributed by atoms with E-state index in [1.54, 1.807) is 18.5 Å². The minimum atomic E-state index is -0.0857. The summed E-state index contributed by atoms with van der Waals surface area (Å²) in [5, 5.41) is 8.38. The molecule has 8 nitrogen and oxygen atoms in total. The van der Waals surface area contributed by atoms with Gasteiger partial charge in [0.25, 0.3) is 5.91 Å². The molecular weight excluding hydrogens is 490 g/mol. The number of anilines is 2. The molecule has 0 spiro atoms. The largest absolute Gasteiger partial charge is 0.457 e. The number of fused-ring (bicyclic) bond motifs is 1. The Bertz CT molecular complexity index is 1440. The number of ether oxygens (including phenoxy) is 2. The zero-order valence-corrected chi connectivity index (χ0v) is 23.0. The maximum absolute atomic E-state index is 12.5. The van der Waals surface area contributed by atoms with Gasteiger partial charge in [0.1, 0.15) is 17.8 Å². The number of hydrazine groups is 1. The molecule has 0 saturated carbocycles. The van der Waals surface area contributed by atoms with E-state index in [0.717, 1.165) is 46.8 Å². The topological polar surface area (TPSA) is 79.8 Å². The molecular formula is C31H35N5O3. The Morgan fingerprint density at radius 2 is 1.77 bits per heavy atom. The first-order valence-electron chi connectivity index (χ1n) is 13.3. The molecule has 1 fully saturated rings. The molecule has 4 aromatic rings. The number of rotatable bonds is 7. The van der Waals surface area contributed by atoms with Gasteiger partial charge in [0, 0.05) is 30.6 Å². The highest BCUT2D eigenvalue weighted by Gasteiger charge is 2.24. The van der Waals surface area contributed by atoms with E-state index in [4.69, 9.17) is 14.5 Å². The highest BCUT2D eigenvalue weighted by atomic mass is 16.5. The van der Waals surface area contributed by atoms with Crippen LogP contribution in [0, 0.1) is 12.3 Å². The molecule has 0 aliphatic carbocycles. The number of hydrogen-bond acceptors (Lipinski definition) is 7. The van der Waals surface area contributed by atoms with E-state index >= 15 is 0 Å². The fraction of sp³-hybridized carbons (Fsp3) is 0.323. The van der Waals surface area contributed by atoms with Crippen molar-refractivity contribution in [2.24, 2.45) is 5.41 Å². The van der Waals surface area contributed by atoms with Crippen molar-refractivity contribution < 1.29 is 14.3 Å². The van der Waals surface area contributed by atoms with Crippen LogP contribution in [0.1, 0.15) is 36.7 Å². The Kier molecular flexibility index (Phi) is 7.77. The van der Waals surface area contributed by atoms with Crippen LogP contribution in [0.5, 0.6) is 11.5 Å². The van der Waals surface area contributed by atoms with E-state index in [2.05, 4.69) is 53.2 Å². The third-order valence-electron chi connectivity index (χ3n) is 6.52. The number of hydrogen-bond donors (Lipinski definition) is 1. The van der Waals surface area contributed by atoms with Crippen molar-refractivity contribution in [1.82, 2.24) is 20.3 Å². The van der Waals surface area contributed by atoms with E-state index in [1.165, 1.54) is 0 Å². The Balaban J connectivity index is 1.38. The second kappa shape index (κ2) is 11.4. The predicted octanol–water partition coefficient (Wildman–Crippen LogP) is 5.89.